The molecule has 0 fully saturated rings. The fourth-order valence-corrected chi connectivity index (χ4v) is 26.1. The largest absolute Gasteiger partial charge is 1.00 e. The van der Waals surface area contributed by atoms with Gasteiger partial charge in [0.1, 0.15) is 0 Å². The normalized spacial score (nSPS) is 17.9. The molecule has 4 heteroatoms. The molecule has 0 amide bonds. The van der Waals surface area contributed by atoms with Crippen molar-refractivity contribution in [2.24, 2.45) is 5.92 Å². The molecule has 2 aromatic carbocycles. The molecule has 0 saturated heterocycles. The van der Waals surface area contributed by atoms with Crippen LogP contribution in [0.4, 0.5) is 0 Å². The molecule has 0 aliphatic heterocycles. The summed E-state index contributed by atoms with van der Waals surface area (Å²) in [6, 6.07) is 20.6. The van der Waals surface area contributed by atoms with E-state index in [1.54, 1.807) is 5.56 Å². The maximum atomic E-state index is 2.75. The molecule has 2 aromatic rings. The molecule has 2 atom stereocenters. The molecule has 0 spiro atoms. The summed E-state index contributed by atoms with van der Waals surface area (Å²) < 4.78 is 2.75. The van der Waals surface area contributed by atoms with E-state index in [-0.39, 0.29) is 24.8 Å². The van der Waals surface area contributed by atoms with Crippen LogP contribution in [0, 0.1) is 5.92 Å². The Hall–Kier alpha value is -0.660. The molecular formula is C34H46Cl2SiZr. The minimum Gasteiger partial charge on any atom is -1.00 e. The molecule has 2 aliphatic carbocycles. The first kappa shape index (κ1) is 33.5. The summed E-state index contributed by atoms with van der Waals surface area (Å²) in [5.74, 6) is 0.758. The van der Waals surface area contributed by atoms with Crippen LogP contribution in [0.25, 0.3) is 5.57 Å². The van der Waals surface area contributed by atoms with Crippen molar-refractivity contribution in [2.45, 2.75) is 95.8 Å². The van der Waals surface area contributed by atoms with Crippen LogP contribution in [0.2, 0.25) is 13.1 Å². The minimum atomic E-state index is -2.05. The van der Waals surface area contributed by atoms with Gasteiger partial charge in [0.25, 0.3) is 0 Å². The summed E-state index contributed by atoms with van der Waals surface area (Å²) in [7, 11) is 0. The molecule has 0 heterocycles. The second-order valence-corrected chi connectivity index (χ2v) is 28.4. The van der Waals surface area contributed by atoms with Crippen molar-refractivity contribution >= 4 is 11.0 Å². The molecule has 4 rings (SSSR count). The van der Waals surface area contributed by atoms with E-state index in [4.69, 9.17) is 0 Å². The van der Waals surface area contributed by atoms with Crippen molar-refractivity contribution in [1.29, 1.82) is 0 Å². The van der Waals surface area contributed by atoms with Gasteiger partial charge in [-0.1, -0.05) is 0 Å². The van der Waals surface area contributed by atoms with Crippen molar-refractivity contribution in [3.05, 3.63) is 97.4 Å². The van der Waals surface area contributed by atoms with E-state index >= 15 is 0 Å². The van der Waals surface area contributed by atoms with Gasteiger partial charge in [0.15, 0.2) is 0 Å². The van der Waals surface area contributed by atoms with Gasteiger partial charge in [0.05, 0.1) is 0 Å². The Morgan fingerprint density at radius 2 is 1.32 bits per heavy atom. The van der Waals surface area contributed by atoms with E-state index in [2.05, 4.69) is 105 Å². The first-order valence-corrected chi connectivity index (χ1v) is 23.4. The monoisotopic (exact) mass is 642 g/mol. The zero-order chi connectivity index (χ0) is 25.7. The van der Waals surface area contributed by atoms with E-state index in [1.807, 2.05) is 16.7 Å². The maximum absolute atomic E-state index is 2.75. The third kappa shape index (κ3) is 6.79. The Morgan fingerprint density at radius 3 is 1.92 bits per heavy atom. The van der Waals surface area contributed by atoms with Crippen LogP contribution in [-0.2, 0) is 20.4 Å². The van der Waals surface area contributed by atoms with Crippen LogP contribution in [0.15, 0.2) is 80.7 Å². The Morgan fingerprint density at radius 1 is 0.711 bits per heavy atom. The van der Waals surface area contributed by atoms with Crippen LogP contribution >= 0.6 is 0 Å². The molecule has 0 nitrogen and oxygen atoms in total. The molecule has 204 valence electrons. The fourth-order valence-electron chi connectivity index (χ4n) is 6.82. The first-order chi connectivity index (χ1) is 17.6. The van der Waals surface area contributed by atoms with Crippen molar-refractivity contribution in [3.8, 4) is 0 Å². The molecule has 2 unspecified atom stereocenters. The number of rotatable bonds is 11. The SMILES string of the molecule is CCCC1=C(CCC)C(CCC)[C]([Zr+2]([CH]2C=C(c3ccccc3)c3ccccc32)=[Si](C)C)=C1CCC.[Cl-].[Cl-]. The van der Waals surface area contributed by atoms with Gasteiger partial charge >= 0.3 is 230 Å². The molecule has 0 bridgehead atoms. The summed E-state index contributed by atoms with van der Waals surface area (Å²) in [4.78, 5) is 0. The summed E-state index contributed by atoms with van der Waals surface area (Å²) >= 11 is -2.05. The van der Waals surface area contributed by atoms with E-state index in [1.165, 1.54) is 68.1 Å². The zero-order valence-corrected chi connectivity index (χ0v) is 29.3. The Kier molecular flexibility index (Phi) is 14.1. The molecular weight excluding hydrogens is 599 g/mol. The van der Waals surface area contributed by atoms with Crippen molar-refractivity contribution in [2.75, 3.05) is 0 Å². The van der Waals surface area contributed by atoms with Crippen LogP contribution < -0.4 is 24.8 Å². The third-order valence-corrected chi connectivity index (χ3v) is 26.3. The summed E-state index contributed by atoms with van der Waals surface area (Å²) in [6.07, 6.45) is 13.2. The topological polar surface area (TPSA) is 0 Å². The van der Waals surface area contributed by atoms with Crippen LogP contribution in [0.5, 0.6) is 0 Å². The molecule has 0 N–H and O–H groups in total. The van der Waals surface area contributed by atoms with Gasteiger partial charge in [-0.2, -0.15) is 0 Å². The second-order valence-electron chi connectivity index (χ2n) is 10.9. The fraction of sp³-hybridized carbons (Fsp3) is 0.471. The minimum absolute atomic E-state index is 0. The average molecular weight is 645 g/mol. The number of benzene rings is 2. The van der Waals surface area contributed by atoms with Crippen molar-refractivity contribution in [1.82, 2.24) is 0 Å². The Bertz CT molecular complexity index is 1200. The van der Waals surface area contributed by atoms with E-state index in [0.29, 0.717) is 3.63 Å². The predicted molar refractivity (Wildman–Crippen MR) is 157 cm³/mol. The molecule has 0 radical (unpaired) electrons. The maximum Gasteiger partial charge on any atom is -1.00 e. The number of allylic oxidation sites excluding steroid dienone is 5. The average Bonchev–Trinajstić information content (AvgIpc) is 3.38. The summed E-state index contributed by atoms with van der Waals surface area (Å²) in [5.41, 5.74) is 11.2. The number of hydrogen-bond donors (Lipinski definition) is 0. The Balaban J connectivity index is 0.00000253. The zero-order valence-electron chi connectivity index (χ0n) is 24.3. The van der Waals surface area contributed by atoms with Gasteiger partial charge < -0.3 is 24.8 Å². The van der Waals surface area contributed by atoms with E-state index in [0.717, 1.165) is 5.92 Å². The smallest absolute Gasteiger partial charge is 1.00 e. The van der Waals surface area contributed by atoms with Gasteiger partial charge in [-0.25, -0.2) is 0 Å². The van der Waals surface area contributed by atoms with Gasteiger partial charge in [0.2, 0.25) is 0 Å². The van der Waals surface area contributed by atoms with Gasteiger partial charge in [-0.05, 0) is 0 Å². The quantitative estimate of drug-likeness (QED) is 0.318. The van der Waals surface area contributed by atoms with Gasteiger partial charge in [0, 0.05) is 0 Å². The number of fused-ring (bicyclic) bond motifs is 1. The van der Waals surface area contributed by atoms with E-state index in [9.17, 15) is 0 Å². The number of halogens is 2. The van der Waals surface area contributed by atoms with Crippen LogP contribution in [0.1, 0.15) is 99.4 Å². The molecule has 0 saturated carbocycles. The standard InChI is InChI=1S/C17H29.C15H11.C2H6Si.2ClH.Zr/c1-5-9-14-13-15(10-6-2)17(12-8-4)16(14)11-7-3;1-2-6-12(7-3-1)15-11-10-13-8-4-5-9-14(13)15;1-3-2;;;/h14H,5-12H2,1-4H3;1-11H;1-2H3;2*1H;/q;;;;;+2/p-2. The van der Waals surface area contributed by atoms with Crippen molar-refractivity contribution < 1.29 is 45.2 Å². The summed E-state index contributed by atoms with van der Waals surface area (Å²) in [5, 5.41) is 0. The number of hydrogen-bond acceptors (Lipinski definition) is 0. The van der Waals surface area contributed by atoms with E-state index < -0.39 is 25.8 Å². The molecule has 38 heavy (non-hydrogen) atoms. The second kappa shape index (κ2) is 16.0. The summed E-state index contributed by atoms with van der Waals surface area (Å²) in [6.45, 7) is 15.0. The van der Waals surface area contributed by atoms with Gasteiger partial charge in [-0.3, -0.25) is 0 Å². The predicted octanol–water partition coefficient (Wildman–Crippen LogP) is 4.43. The molecule has 2 aliphatic rings. The van der Waals surface area contributed by atoms with Gasteiger partial charge in [-0.15, -0.1) is 0 Å². The van der Waals surface area contributed by atoms with Crippen LogP contribution in [-0.4, -0.2) is 5.43 Å². The van der Waals surface area contributed by atoms with Crippen molar-refractivity contribution in [3.63, 3.8) is 0 Å². The Labute approximate surface area is 253 Å². The first-order valence-electron chi connectivity index (χ1n) is 14.6. The third-order valence-electron chi connectivity index (χ3n) is 8.09. The molecule has 0 aromatic heterocycles. The van der Waals surface area contributed by atoms with Crippen LogP contribution in [0.3, 0.4) is 0 Å².